The number of nitrogens with zero attached hydrogens (tertiary/aromatic N) is 1. The van der Waals surface area contributed by atoms with E-state index in [1.165, 1.54) is 16.3 Å². The molecule has 20 heavy (non-hydrogen) atoms. The maximum Gasteiger partial charge on any atom is 0.0346 e. The number of aromatic nitrogens is 1. The number of hydrogen-bond donors (Lipinski definition) is 1. The van der Waals surface area contributed by atoms with Crippen LogP contribution in [0, 0.1) is 5.92 Å². The number of hydrogen-bond acceptors (Lipinski definition) is 2. The summed E-state index contributed by atoms with van der Waals surface area (Å²) in [6.45, 7) is 12.3. The molecule has 2 aromatic rings. The van der Waals surface area contributed by atoms with E-state index in [0.717, 1.165) is 6.54 Å². The Morgan fingerprint density at radius 3 is 2.50 bits per heavy atom. The quantitative estimate of drug-likeness (QED) is 0.892. The maximum absolute atomic E-state index is 4.40. The van der Waals surface area contributed by atoms with Crippen molar-refractivity contribution < 1.29 is 0 Å². The molecule has 0 radical (unpaired) electrons. The Hall–Kier alpha value is -1.41. The van der Waals surface area contributed by atoms with Crippen LogP contribution in [0.3, 0.4) is 0 Å². The lowest BCUT2D eigenvalue weighted by Gasteiger charge is -2.27. The lowest BCUT2D eigenvalue weighted by molar-refractivity contribution is 0.359. The fourth-order valence-corrected chi connectivity index (χ4v) is 2.45. The topological polar surface area (TPSA) is 24.9 Å². The Bertz CT molecular complexity index is 564. The van der Waals surface area contributed by atoms with Crippen LogP contribution in [-0.2, 0) is 0 Å². The van der Waals surface area contributed by atoms with E-state index in [2.05, 4.69) is 69.2 Å². The molecule has 0 aliphatic heterocycles. The Morgan fingerprint density at radius 2 is 1.80 bits per heavy atom. The fraction of sp³-hybridized carbons (Fsp3) is 0.500. The SMILES string of the molecule is CC(CNC(C)(C)C)C(C)c1cncc2ccccc12. The van der Waals surface area contributed by atoms with Crippen LogP contribution >= 0.6 is 0 Å². The average molecular weight is 270 g/mol. The van der Waals surface area contributed by atoms with Gasteiger partial charge in [0.25, 0.3) is 0 Å². The van der Waals surface area contributed by atoms with Gasteiger partial charge in [-0.2, -0.15) is 0 Å². The average Bonchev–Trinajstić information content (AvgIpc) is 2.42. The van der Waals surface area contributed by atoms with Gasteiger partial charge in [-0.15, -0.1) is 0 Å². The molecule has 0 saturated carbocycles. The van der Waals surface area contributed by atoms with E-state index < -0.39 is 0 Å². The highest BCUT2D eigenvalue weighted by Gasteiger charge is 2.19. The second-order valence-electron chi connectivity index (χ2n) is 6.85. The Morgan fingerprint density at radius 1 is 1.10 bits per heavy atom. The number of benzene rings is 1. The molecule has 0 saturated heterocycles. The van der Waals surface area contributed by atoms with Crippen LogP contribution in [0.4, 0.5) is 0 Å². The summed E-state index contributed by atoms with van der Waals surface area (Å²) in [6, 6.07) is 8.52. The first-order valence-electron chi connectivity index (χ1n) is 7.46. The van der Waals surface area contributed by atoms with Gasteiger partial charge in [-0.25, -0.2) is 0 Å². The molecule has 0 bridgehead atoms. The summed E-state index contributed by atoms with van der Waals surface area (Å²) in [6.07, 6.45) is 3.98. The molecule has 1 heterocycles. The third-order valence-corrected chi connectivity index (χ3v) is 4.00. The van der Waals surface area contributed by atoms with Crippen LogP contribution in [-0.4, -0.2) is 17.1 Å². The van der Waals surface area contributed by atoms with Gasteiger partial charge in [-0.05, 0) is 50.1 Å². The zero-order valence-corrected chi connectivity index (χ0v) is 13.3. The summed E-state index contributed by atoms with van der Waals surface area (Å²) < 4.78 is 0. The van der Waals surface area contributed by atoms with Crippen LogP contribution in [0.5, 0.6) is 0 Å². The minimum atomic E-state index is 0.172. The van der Waals surface area contributed by atoms with Crippen molar-refractivity contribution >= 4 is 10.8 Å². The lowest BCUT2D eigenvalue weighted by Crippen LogP contribution is -2.39. The van der Waals surface area contributed by atoms with Crippen molar-refractivity contribution in [3.05, 3.63) is 42.2 Å². The van der Waals surface area contributed by atoms with Gasteiger partial charge in [-0.3, -0.25) is 4.98 Å². The molecule has 2 nitrogen and oxygen atoms in total. The predicted molar refractivity (Wildman–Crippen MR) is 87.1 cm³/mol. The minimum Gasteiger partial charge on any atom is -0.312 e. The first kappa shape index (κ1) is 15.0. The van der Waals surface area contributed by atoms with E-state index in [0.29, 0.717) is 11.8 Å². The van der Waals surface area contributed by atoms with Crippen molar-refractivity contribution in [2.45, 2.75) is 46.1 Å². The molecular formula is C18H26N2. The van der Waals surface area contributed by atoms with Crippen LogP contribution in [0.2, 0.25) is 0 Å². The van der Waals surface area contributed by atoms with Gasteiger partial charge in [0.1, 0.15) is 0 Å². The van der Waals surface area contributed by atoms with Crippen LogP contribution in [0.25, 0.3) is 10.8 Å². The molecule has 0 spiro atoms. The predicted octanol–water partition coefficient (Wildman–Crippen LogP) is 4.36. The molecule has 2 atom stereocenters. The molecule has 2 heteroatoms. The monoisotopic (exact) mass is 270 g/mol. The number of nitrogens with one attached hydrogen (secondary N) is 1. The normalized spacial score (nSPS) is 15.2. The van der Waals surface area contributed by atoms with Gasteiger partial charge >= 0.3 is 0 Å². The maximum atomic E-state index is 4.40. The molecule has 0 fully saturated rings. The van der Waals surface area contributed by atoms with Crippen molar-refractivity contribution in [3.63, 3.8) is 0 Å². The summed E-state index contributed by atoms with van der Waals surface area (Å²) >= 11 is 0. The van der Waals surface area contributed by atoms with Crippen LogP contribution < -0.4 is 5.32 Å². The van der Waals surface area contributed by atoms with Crippen molar-refractivity contribution in [1.29, 1.82) is 0 Å². The fourth-order valence-electron chi connectivity index (χ4n) is 2.45. The Balaban J connectivity index is 2.20. The summed E-state index contributed by atoms with van der Waals surface area (Å²) in [5.74, 6) is 1.06. The third kappa shape index (κ3) is 3.57. The molecule has 0 aliphatic rings. The second kappa shape index (κ2) is 5.92. The molecule has 2 unspecified atom stereocenters. The highest BCUT2D eigenvalue weighted by atomic mass is 14.9. The molecular weight excluding hydrogens is 244 g/mol. The molecule has 108 valence electrons. The Kier molecular flexibility index (Phi) is 4.44. The lowest BCUT2D eigenvalue weighted by atomic mass is 9.87. The summed E-state index contributed by atoms with van der Waals surface area (Å²) in [4.78, 5) is 4.40. The van der Waals surface area contributed by atoms with Crippen molar-refractivity contribution in [3.8, 4) is 0 Å². The van der Waals surface area contributed by atoms with Gasteiger partial charge in [0, 0.05) is 23.3 Å². The first-order chi connectivity index (χ1) is 9.38. The van der Waals surface area contributed by atoms with Crippen molar-refractivity contribution in [2.75, 3.05) is 6.54 Å². The first-order valence-corrected chi connectivity index (χ1v) is 7.46. The summed E-state index contributed by atoms with van der Waals surface area (Å²) in [5, 5.41) is 6.16. The molecule has 0 aliphatic carbocycles. The molecule has 1 aromatic carbocycles. The van der Waals surface area contributed by atoms with E-state index in [1.807, 2.05) is 12.4 Å². The van der Waals surface area contributed by atoms with E-state index >= 15 is 0 Å². The van der Waals surface area contributed by atoms with Gasteiger partial charge in [0.15, 0.2) is 0 Å². The van der Waals surface area contributed by atoms with E-state index in [-0.39, 0.29) is 5.54 Å². The second-order valence-corrected chi connectivity index (χ2v) is 6.85. The molecule has 1 aromatic heterocycles. The number of pyridine rings is 1. The van der Waals surface area contributed by atoms with Crippen LogP contribution in [0.15, 0.2) is 36.7 Å². The van der Waals surface area contributed by atoms with Crippen molar-refractivity contribution in [1.82, 2.24) is 10.3 Å². The molecule has 2 rings (SSSR count). The summed E-state index contributed by atoms with van der Waals surface area (Å²) in [7, 11) is 0. The zero-order valence-electron chi connectivity index (χ0n) is 13.3. The zero-order chi connectivity index (χ0) is 14.8. The van der Waals surface area contributed by atoms with Crippen LogP contribution in [0.1, 0.15) is 46.1 Å². The smallest absolute Gasteiger partial charge is 0.0346 e. The van der Waals surface area contributed by atoms with E-state index in [1.54, 1.807) is 0 Å². The minimum absolute atomic E-state index is 0.172. The Labute approximate surface area is 122 Å². The van der Waals surface area contributed by atoms with Crippen molar-refractivity contribution in [2.24, 2.45) is 5.92 Å². The standard InChI is InChI=1S/C18H26N2/c1-13(10-20-18(3,4)5)14(2)17-12-19-11-15-8-6-7-9-16(15)17/h6-9,11-14,20H,10H2,1-5H3. The molecule has 1 N–H and O–H groups in total. The van der Waals surface area contributed by atoms with Gasteiger partial charge in [-0.1, -0.05) is 38.1 Å². The molecule has 0 amide bonds. The number of fused-ring (bicyclic) bond motifs is 1. The van der Waals surface area contributed by atoms with E-state index in [4.69, 9.17) is 0 Å². The van der Waals surface area contributed by atoms with Gasteiger partial charge in [0.2, 0.25) is 0 Å². The third-order valence-electron chi connectivity index (χ3n) is 4.00. The highest BCUT2D eigenvalue weighted by molar-refractivity contribution is 5.85. The number of rotatable bonds is 4. The highest BCUT2D eigenvalue weighted by Crippen LogP contribution is 2.29. The summed E-state index contributed by atoms with van der Waals surface area (Å²) in [5.41, 5.74) is 1.52. The largest absolute Gasteiger partial charge is 0.312 e. The van der Waals surface area contributed by atoms with Gasteiger partial charge in [0.05, 0.1) is 0 Å². The van der Waals surface area contributed by atoms with Gasteiger partial charge < -0.3 is 5.32 Å². The van der Waals surface area contributed by atoms with E-state index in [9.17, 15) is 0 Å².